The summed E-state index contributed by atoms with van der Waals surface area (Å²) < 4.78 is 166. The Morgan fingerprint density at radius 2 is 0.777 bits per heavy atom. The molecule has 34 nitrogen and oxygen atoms in total. The van der Waals surface area contributed by atoms with Crippen LogP contribution in [0.5, 0.6) is 17.2 Å². The van der Waals surface area contributed by atoms with Crippen molar-refractivity contribution in [3.8, 4) is 51.4 Å². The molecule has 0 radical (unpaired) electrons. The van der Waals surface area contributed by atoms with E-state index >= 15 is 0 Å². The Kier molecular flexibility index (Phi) is 23.1. The predicted octanol–water partition coefficient (Wildman–Crippen LogP) is 10.1. The fourth-order valence-electron chi connectivity index (χ4n) is 15.6. The van der Waals surface area contributed by atoms with E-state index in [9.17, 15) is 42.1 Å². The van der Waals surface area contributed by atoms with Gasteiger partial charge in [0.25, 0.3) is 20.0 Å². The van der Waals surface area contributed by atoms with Gasteiger partial charge in [0.2, 0.25) is 0 Å². The highest BCUT2D eigenvalue weighted by Gasteiger charge is 2.49. The third kappa shape index (κ3) is 15.4. The monoisotopic (exact) mass is 1750 g/mol. The van der Waals surface area contributed by atoms with Crippen molar-refractivity contribution >= 4 is 117 Å². The summed E-state index contributed by atoms with van der Waals surface area (Å²) >= 11 is 0. The van der Waals surface area contributed by atoms with Crippen LogP contribution >= 0.6 is 0 Å². The zero-order valence-corrected chi connectivity index (χ0v) is 73.4. The number of H-pyrrole nitrogens is 1. The molecule has 0 bridgehead atoms. The van der Waals surface area contributed by atoms with Crippen molar-refractivity contribution in [3.05, 3.63) is 133 Å². The number of fused-ring (bicyclic) bond motifs is 12. The van der Waals surface area contributed by atoms with Crippen LogP contribution in [0.3, 0.4) is 0 Å². The Balaban J connectivity index is 0.000000149. The van der Waals surface area contributed by atoms with Gasteiger partial charge < -0.3 is 64.5 Å². The summed E-state index contributed by atoms with van der Waals surface area (Å²) in [6, 6.07) is 21.1. The number of nitrogens with zero attached hydrogens (tertiary/aromatic N) is 14. The summed E-state index contributed by atoms with van der Waals surface area (Å²) in [5.41, 5.74) is 11.4. The van der Waals surface area contributed by atoms with Crippen LogP contribution in [-0.4, -0.2) is 226 Å². The zero-order valence-electron chi connectivity index (χ0n) is 69.4. The summed E-state index contributed by atoms with van der Waals surface area (Å²) in [5, 5.41) is 8.58. The molecular formula is C82H102N18O16S5. The molecule has 0 unspecified atom stereocenters. The number of nitrogens with two attached hydrogens (primary N) is 1. The molecule has 121 heavy (non-hydrogen) atoms. The molecule has 646 valence electrons. The largest absolute Gasteiger partial charge is 0.486 e. The molecule has 0 spiro atoms. The third-order valence-corrected chi connectivity index (χ3v) is 32.3. The lowest BCUT2D eigenvalue weighted by molar-refractivity contribution is 0.0482. The Morgan fingerprint density at radius 3 is 1.14 bits per heavy atom. The molecule has 3 fully saturated rings. The Morgan fingerprint density at radius 1 is 0.438 bits per heavy atom. The van der Waals surface area contributed by atoms with Gasteiger partial charge in [-0.25, -0.2) is 94.9 Å². The summed E-state index contributed by atoms with van der Waals surface area (Å²) in [7, 11) is -18.8. The molecule has 11 aromatic rings. The molecule has 9 aromatic heterocycles. The van der Waals surface area contributed by atoms with E-state index in [0.717, 1.165) is 30.8 Å². The molecule has 0 saturated carbocycles. The Bertz CT molecular complexity index is 6450. The minimum absolute atomic E-state index is 0. The maximum atomic E-state index is 13.7. The van der Waals surface area contributed by atoms with Crippen LogP contribution in [0, 0.1) is 0 Å². The first-order valence-electron chi connectivity index (χ1n) is 39.2. The number of rotatable bonds is 17. The maximum Gasteiger partial charge on any atom is 0.269 e. The Hall–Kier alpha value is -10.4. The van der Waals surface area contributed by atoms with E-state index in [4.69, 9.17) is 64.1 Å². The van der Waals surface area contributed by atoms with Crippen molar-refractivity contribution in [2.75, 3.05) is 109 Å². The smallest absolute Gasteiger partial charge is 0.269 e. The second-order valence-electron chi connectivity index (χ2n) is 33.1. The van der Waals surface area contributed by atoms with Crippen LogP contribution in [0.4, 0.5) is 34.5 Å². The molecule has 17 rings (SSSR count). The molecule has 3 saturated heterocycles. The number of nitrogen functional groups attached to an aromatic ring is 1. The molecule has 6 aliphatic rings. The normalized spacial score (nSPS) is 19.4. The van der Waals surface area contributed by atoms with Gasteiger partial charge in [0.05, 0.1) is 138 Å². The zero-order chi connectivity index (χ0) is 86.0. The Labute approximate surface area is 704 Å². The molecule has 0 aliphatic carbocycles. The first kappa shape index (κ1) is 86.9. The van der Waals surface area contributed by atoms with Crippen molar-refractivity contribution in [1.29, 1.82) is 0 Å². The molecular weight excluding hydrogens is 1650 g/mol. The van der Waals surface area contributed by atoms with E-state index in [0.29, 0.717) is 132 Å². The number of hydrogen-bond acceptors (Lipinski definition) is 31. The average Bonchev–Trinajstić information content (AvgIpc) is 1.29. The van der Waals surface area contributed by atoms with Crippen LogP contribution in [-0.2, 0) is 78.0 Å². The fourth-order valence-corrected chi connectivity index (χ4v) is 19.7. The van der Waals surface area contributed by atoms with Crippen molar-refractivity contribution in [2.24, 2.45) is 0 Å². The lowest BCUT2D eigenvalue weighted by Gasteiger charge is -2.45. The number of pyridine rings is 3. The van der Waals surface area contributed by atoms with Gasteiger partial charge in [-0.1, -0.05) is 43.8 Å². The van der Waals surface area contributed by atoms with Crippen molar-refractivity contribution in [2.45, 2.75) is 170 Å². The second kappa shape index (κ2) is 32.1. The van der Waals surface area contributed by atoms with Crippen molar-refractivity contribution in [1.82, 2.24) is 57.8 Å². The highest BCUT2D eigenvalue weighted by atomic mass is 32.2. The van der Waals surface area contributed by atoms with E-state index in [1.54, 1.807) is 102 Å². The summed E-state index contributed by atoms with van der Waals surface area (Å²) in [5.74, 6) is 3.34. The molecule has 6 aliphatic heterocycles. The summed E-state index contributed by atoms with van der Waals surface area (Å²) in [6.45, 7) is 27.6. The first-order valence-corrected chi connectivity index (χ1v) is 47.8. The molecule has 0 amide bonds. The number of aromatic nitrogens is 12. The van der Waals surface area contributed by atoms with Crippen LogP contribution in [0.15, 0.2) is 126 Å². The van der Waals surface area contributed by atoms with Crippen LogP contribution in [0.1, 0.15) is 115 Å². The SMILES string of the molecule is C.CC(C)Nc1cnc2[nH]ccc2c1-c1nc2c(c(C(C)(C)S(C)(=O)=O)n1)OC[C@@H]1COC[C@@H](C)N21.CC(C)Nc1cnc2c(ccn2S(=O)(=O)c2ccccc2)c1-c1nc2c(c(C(C)(C)S(C)(=O)=O)n1)OC[C@@H]1COC[C@@H](C)N21.C[C@@H]1COC[C@H]2COc3c(nc(-c4c(N)cnc5c4ccn5S(=O)(=O)c4ccccc4)nc3C(C)(C)S(C)(=O)=O)N21. The van der Waals surface area contributed by atoms with Gasteiger partial charge in [-0.3, -0.25) is 0 Å². The van der Waals surface area contributed by atoms with Crippen molar-refractivity contribution in [3.63, 3.8) is 0 Å². The van der Waals surface area contributed by atoms with Gasteiger partial charge in [-0.2, -0.15) is 0 Å². The average molecular weight is 1760 g/mol. The van der Waals surface area contributed by atoms with Crippen molar-refractivity contribution < 1.29 is 70.5 Å². The molecule has 6 atom stereocenters. The van der Waals surface area contributed by atoms with Gasteiger partial charge in [0, 0.05) is 65.6 Å². The summed E-state index contributed by atoms with van der Waals surface area (Å²) in [4.78, 5) is 52.7. The fraction of sp³-hybridized carbons (Fsp3) is 0.451. The van der Waals surface area contributed by atoms with E-state index in [1.165, 1.54) is 55.4 Å². The number of sulfone groups is 3. The lowest BCUT2D eigenvalue weighted by atomic mass is 10.0. The van der Waals surface area contributed by atoms with Gasteiger partial charge in [0.15, 0.2) is 93.0 Å². The highest BCUT2D eigenvalue weighted by Crippen LogP contribution is 2.51. The number of nitrogens with one attached hydrogen (secondary N) is 3. The molecule has 39 heteroatoms. The first-order chi connectivity index (χ1) is 56.5. The lowest BCUT2D eigenvalue weighted by Crippen LogP contribution is -2.56. The number of anilines is 6. The number of benzene rings is 2. The third-order valence-electron chi connectivity index (χ3n) is 22.8. The molecule has 5 N–H and O–H groups in total. The molecule has 15 heterocycles. The summed E-state index contributed by atoms with van der Waals surface area (Å²) in [6.07, 6.45) is 12.9. The van der Waals surface area contributed by atoms with E-state index in [-0.39, 0.29) is 112 Å². The topological polar surface area (TPSA) is 428 Å². The highest BCUT2D eigenvalue weighted by molar-refractivity contribution is 7.92. The van der Waals surface area contributed by atoms with Crippen LogP contribution in [0.2, 0.25) is 0 Å². The number of aromatic amines is 1. The van der Waals surface area contributed by atoms with Gasteiger partial charge in [-0.05, 0) is 132 Å². The van der Waals surface area contributed by atoms with Crippen LogP contribution < -0.4 is 45.3 Å². The number of hydrogen-bond donors (Lipinski definition) is 4. The minimum atomic E-state index is -3.97. The maximum absolute atomic E-state index is 13.7. The number of morpholine rings is 3. The molecule has 2 aromatic carbocycles. The van der Waals surface area contributed by atoms with Gasteiger partial charge >= 0.3 is 0 Å². The second-order valence-corrected chi connectivity index (χ2v) is 44.4. The van der Waals surface area contributed by atoms with E-state index < -0.39 is 63.8 Å². The quantitative estimate of drug-likeness (QED) is 0.0658. The van der Waals surface area contributed by atoms with Crippen LogP contribution in [0.25, 0.3) is 67.3 Å². The standard InChI is InChI=1S/C30H36N6O6S2.C27H30N6O6S2.C24H32N6O4S.CH4/c1-18(2)32-23-14-31-28-22(12-13-35(28)44(39,40)21-10-8-7-9-11-21)24(23)27-33-26(30(4,5)43(6,37)38)25-29(34-27)36-19(3)15-41-16-20(36)17-42-25;1-16-13-38-14-17-15-39-22-23(27(2,3)40(4,34)35)30-24(31-26(22)33(16)17)21-19-10-11-32(25(19)29-12-20(21)28)41(36,37)18-8-6-5-7-9-18;1-13(2)27-17-9-26-21-16(7-8-25-21)18(17)22-28-20(24(4,5)35(6,31)32)19-23(29-22)30-14(3)10-33-11-15(30)12-34-19;/h7-14,18-20,32H,15-17H2,1-6H3;5-12,16-17H,13-15,28H2,1-4H3;7-9,13-15,27H,10-12H2,1-6H3,(H,25,26);1H4/t19-,20+;16-,17+;14-,15+;/m111./s1. The van der Waals surface area contributed by atoms with E-state index in [2.05, 4.69) is 52.2 Å². The predicted molar refractivity (Wildman–Crippen MR) is 465 cm³/mol. The van der Waals surface area contributed by atoms with E-state index in [1.807, 2.05) is 53.8 Å². The minimum Gasteiger partial charge on any atom is -0.486 e. The van der Waals surface area contributed by atoms with Gasteiger partial charge in [0.1, 0.15) is 56.8 Å². The van der Waals surface area contributed by atoms with Gasteiger partial charge in [-0.15, -0.1) is 0 Å². The number of ether oxygens (including phenoxy) is 6.